The van der Waals surface area contributed by atoms with Crippen LogP contribution in [0, 0.1) is 0 Å². The first-order valence-corrected chi connectivity index (χ1v) is 9.14. The molecule has 4 nitrogen and oxygen atoms in total. The van der Waals surface area contributed by atoms with Crippen LogP contribution in [0.4, 0.5) is 19.0 Å². The lowest BCUT2D eigenvalue weighted by Gasteiger charge is -2.44. The molecule has 0 N–H and O–H groups in total. The maximum Gasteiger partial charge on any atom is 0.417 e. The van der Waals surface area contributed by atoms with E-state index in [2.05, 4.69) is 33.5 Å². The molecule has 0 amide bonds. The van der Waals surface area contributed by atoms with Crippen molar-refractivity contribution < 1.29 is 13.2 Å². The molecule has 0 unspecified atom stereocenters. The number of piperazine rings is 1. The van der Waals surface area contributed by atoms with Gasteiger partial charge < -0.3 is 4.90 Å². The average molecular weight is 354 g/mol. The summed E-state index contributed by atoms with van der Waals surface area (Å²) in [7, 11) is 0. The van der Waals surface area contributed by atoms with Gasteiger partial charge in [-0.05, 0) is 32.8 Å². The molecule has 1 saturated carbocycles. The van der Waals surface area contributed by atoms with Crippen LogP contribution in [0.3, 0.4) is 0 Å². The zero-order valence-electron chi connectivity index (χ0n) is 14.8. The molecule has 1 aliphatic carbocycles. The summed E-state index contributed by atoms with van der Waals surface area (Å²) in [5, 5.41) is 0. The van der Waals surface area contributed by atoms with Crippen LogP contribution in [0.5, 0.6) is 0 Å². The van der Waals surface area contributed by atoms with E-state index in [4.69, 9.17) is 0 Å². The third-order valence-electron chi connectivity index (χ3n) is 5.67. The topological polar surface area (TPSA) is 22.6 Å². The normalized spacial score (nSPS) is 25.7. The highest BCUT2D eigenvalue weighted by atomic mass is 19.4. The standard InChI is InChI=1S/C18H25F3N4/c1-12(2)23-5-6-25-16(10-23)11-24(15-3-4-15)9-13-7-14(18(19,20)21)8-22-17(13)25/h7-8,12,15-16H,3-6,9-11H2,1-2H3/t16-/m1/s1. The Hall–Kier alpha value is -1.34. The van der Waals surface area contributed by atoms with E-state index in [9.17, 15) is 13.2 Å². The fourth-order valence-electron chi connectivity index (χ4n) is 4.09. The van der Waals surface area contributed by atoms with E-state index in [0.29, 0.717) is 24.7 Å². The van der Waals surface area contributed by atoms with Crippen LogP contribution in [-0.4, -0.2) is 59.1 Å². The summed E-state index contributed by atoms with van der Waals surface area (Å²) >= 11 is 0. The van der Waals surface area contributed by atoms with Crippen molar-refractivity contribution >= 4 is 5.82 Å². The lowest BCUT2D eigenvalue weighted by Crippen LogP contribution is -2.58. The number of anilines is 1. The molecule has 3 aliphatic rings. The zero-order valence-corrected chi connectivity index (χ0v) is 14.8. The molecule has 7 heteroatoms. The predicted molar refractivity (Wildman–Crippen MR) is 90.5 cm³/mol. The molecule has 4 rings (SSSR count). The predicted octanol–water partition coefficient (Wildman–Crippen LogP) is 2.98. The van der Waals surface area contributed by atoms with E-state index in [1.54, 1.807) is 0 Å². The largest absolute Gasteiger partial charge is 0.417 e. The molecular weight excluding hydrogens is 329 g/mol. The zero-order chi connectivity index (χ0) is 17.8. The average Bonchev–Trinajstić information content (AvgIpc) is 3.38. The van der Waals surface area contributed by atoms with Crippen molar-refractivity contribution in [3.63, 3.8) is 0 Å². The molecule has 0 aromatic carbocycles. The number of halogens is 3. The van der Waals surface area contributed by atoms with Gasteiger partial charge in [-0.25, -0.2) is 4.98 Å². The SMILES string of the molecule is CC(C)N1CCN2c3ncc(C(F)(F)F)cc3CN(C3CC3)C[C@H]2C1. The van der Waals surface area contributed by atoms with Gasteiger partial charge in [0.2, 0.25) is 0 Å². The molecule has 0 bridgehead atoms. The van der Waals surface area contributed by atoms with Gasteiger partial charge in [-0.3, -0.25) is 9.80 Å². The van der Waals surface area contributed by atoms with Gasteiger partial charge >= 0.3 is 6.18 Å². The van der Waals surface area contributed by atoms with Crippen molar-refractivity contribution in [3.8, 4) is 0 Å². The second kappa shape index (κ2) is 6.13. The smallest absolute Gasteiger partial charge is 0.350 e. The van der Waals surface area contributed by atoms with Crippen molar-refractivity contribution in [2.24, 2.45) is 0 Å². The second-order valence-electron chi connectivity index (χ2n) is 7.80. The molecule has 0 spiro atoms. The van der Waals surface area contributed by atoms with Gasteiger partial charge in [0.1, 0.15) is 5.82 Å². The summed E-state index contributed by atoms with van der Waals surface area (Å²) < 4.78 is 39.4. The van der Waals surface area contributed by atoms with E-state index in [0.717, 1.165) is 56.6 Å². The summed E-state index contributed by atoms with van der Waals surface area (Å²) in [6, 6.07) is 2.62. The molecule has 1 saturated heterocycles. The van der Waals surface area contributed by atoms with Gasteiger partial charge in [0.25, 0.3) is 0 Å². The first-order chi connectivity index (χ1) is 11.8. The molecule has 2 aliphatic heterocycles. The molecule has 1 aromatic rings. The van der Waals surface area contributed by atoms with Crippen molar-refractivity contribution in [1.82, 2.24) is 14.8 Å². The van der Waals surface area contributed by atoms with E-state index < -0.39 is 11.7 Å². The molecule has 2 fully saturated rings. The highest BCUT2D eigenvalue weighted by Crippen LogP contribution is 2.37. The third kappa shape index (κ3) is 3.36. The van der Waals surface area contributed by atoms with Crippen LogP contribution in [-0.2, 0) is 12.7 Å². The van der Waals surface area contributed by atoms with Crippen LogP contribution >= 0.6 is 0 Å². The highest BCUT2D eigenvalue weighted by molar-refractivity contribution is 5.51. The summed E-state index contributed by atoms with van der Waals surface area (Å²) in [5.41, 5.74) is 0.0866. The number of fused-ring (bicyclic) bond motifs is 3. The maximum atomic E-state index is 13.1. The molecule has 3 heterocycles. The highest BCUT2D eigenvalue weighted by Gasteiger charge is 2.40. The van der Waals surface area contributed by atoms with Gasteiger partial charge in [-0.15, -0.1) is 0 Å². The summed E-state index contributed by atoms with van der Waals surface area (Å²) in [4.78, 5) is 11.4. The van der Waals surface area contributed by atoms with Gasteiger partial charge in [0.15, 0.2) is 0 Å². The minimum atomic E-state index is -4.34. The fraction of sp³-hybridized carbons (Fsp3) is 0.722. The fourth-order valence-corrected chi connectivity index (χ4v) is 4.09. The Kier molecular flexibility index (Phi) is 4.19. The minimum Gasteiger partial charge on any atom is -0.350 e. The Labute approximate surface area is 146 Å². The van der Waals surface area contributed by atoms with Crippen molar-refractivity contribution in [2.45, 2.75) is 57.5 Å². The monoisotopic (exact) mass is 354 g/mol. The maximum absolute atomic E-state index is 13.1. The Morgan fingerprint density at radius 2 is 1.88 bits per heavy atom. The Morgan fingerprint density at radius 1 is 1.12 bits per heavy atom. The second-order valence-corrected chi connectivity index (χ2v) is 7.80. The molecule has 1 aromatic heterocycles. The van der Waals surface area contributed by atoms with Gasteiger partial charge in [0, 0.05) is 56.6 Å². The van der Waals surface area contributed by atoms with Gasteiger partial charge in [-0.1, -0.05) is 0 Å². The molecule has 1 atom stereocenters. The molecule has 25 heavy (non-hydrogen) atoms. The molecule has 0 radical (unpaired) electrons. The van der Waals surface area contributed by atoms with Crippen LogP contribution in [0.1, 0.15) is 37.8 Å². The first kappa shape index (κ1) is 17.1. The molecular formula is C18H25F3N4. The molecule has 138 valence electrons. The summed E-state index contributed by atoms with van der Waals surface area (Å²) in [6.07, 6.45) is -1.03. The van der Waals surface area contributed by atoms with Crippen LogP contribution in [0.2, 0.25) is 0 Å². The lowest BCUT2D eigenvalue weighted by atomic mass is 10.1. The van der Waals surface area contributed by atoms with Crippen molar-refractivity contribution in [1.29, 1.82) is 0 Å². The van der Waals surface area contributed by atoms with E-state index >= 15 is 0 Å². The number of nitrogens with zero attached hydrogens (tertiary/aromatic N) is 4. The Bertz CT molecular complexity index is 642. The van der Waals surface area contributed by atoms with Crippen LogP contribution in [0.15, 0.2) is 12.3 Å². The minimum absolute atomic E-state index is 0.294. The van der Waals surface area contributed by atoms with Crippen LogP contribution in [0.25, 0.3) is 0 Å². The first-order valence-electron chi connectivity index (χ1n) is 9.14. The van der Waals surface area contributed by atoms with E-state index in [-0.39, 0.29) is 0 Å². The number of hydrogen-bond donors (Lipinski definition) is 0. The van der Waals surface area contributed by atoms with Crippen molar-refractivity contribution in [3.05, 3.63) is 23.4 Å². The Morgan fingerprint density at radius 3 is 2.52 bits per heavy atom. The van der Waals surface area contributed by atoms with Gasteiger partial charge in [-0.2, -0.15) is 13.2 Å². The van der Waals surface area contributed by atoms with Gasteiger partial charge in [0.05, 0.1) is 11.6 Å². The lowest BCUT2D eigenvalue weighted by molar-refractivity contribution is -0.137. The van der Waals surface area contributed by atoms with Crippen LogP contribution < -0.4 is 4.90 Å². The number of alkyl halides is 3. The van der Waals surface area contributed by atoms with Crippen molar-refractivity contribution in [2.75, 3.05) is 31.1 Å². The Balaban J connectivity index is 1.69. The third-order valence-corrected chi connectivity index (χ3v) is 5.67. The number of pyridine rings is 1. The quantitative estimate of drug-likeness (QED) is 0.814. The number of rotatable bonds is 2. The van der Waals surface area contributed by atoms with E-state index in [1.807, 2.05) is 0 Å². The summed E-state index contributed by atoms with van der Waals surface area (Å²) in [5.74, 6) is 0.754. The summed E-state index contributed by atoms with van der Waals surface area (Å²) in [6.45, 7) is 8.59. The number of hydrogen-bond acceptors (Lipinski definition) is 4. The number of aromatic nitrogens is 1. The van der Waals surface area contributed by atoms with E-state index in [1.165, 1.54) is 6.07 Å².